The summed E-state index contributed by atoms with van der Waals surface area (Å²) in [6.45, 7) is 9.79. The minimum Gasteiger partial charge on any atom is -0.355 e. The minimum atomic E-state index is 0. The molecule has 2 N–H and O–H groups in total. The summed E-state index contributed by atoms with van der Waals surface area (Å²) in [4.78, 5) is 18.4. The Morgan fingerprint density at radius 3 is 2.77 bits per heavy atom. The van der Waals surface area contributed by atoms with Crippen molar-refractivity contribution in [2.24, 2.45) is 0 Å². The Morgan fingerprint density at radius 1 is 1.41 bits per heavy atom. The van der Waals surface area contributed by atoms with Crippen LogP contribution in [0.5, 0.6) is 0 Å². The van der Waals surface area contributed by atoms with Crippen molar-refractivity contribution < 1.29 is 9.32 Å². The number of hydrogen-bond acceptors (Lipinski definition) is 6. The molecule has 0 bridgehead atoms. The summed E-state index contributed by atoms with van der Waals surface area (Å²) in [5, 5.41) is 10.1. The number of carbonyl (C=O) groups excluding carboxylic acids is 1. The second kappa shape index (κ2) is 9.76. The molecule has 0 aromatic carbocycles. The molecule has 0 unspecified atom stereocenters. The molecule has 0 spiro atoms. The first kappa shape index (κ1) is 18.9. The summed E-state index contributed by atoms with van der Waals surface area (Å²) in [5.74, 6) is 1.52. The molecule has 22 heavy (non-hydrogen) atoms. The largest absolute Gasteiger partial charge is 0.355 e. The van der Waals surface area contributed by atoms with Gasteiger partial charge in [-0.2, -0.15) is 4.98 Å². The van der Waals surface area contributed by atoms with Crippen LogP contribution in [-0.4, -0.2) is 60.2 Å². The number of nitrogens with one attached hydrogen (secondary N) is 2. The molecule has 1 fully saturated rings. The van der Waals surface area contributed by atoms with Gasteiger partial charge in [-0.15, -0.1) is 12.4 Å². The first-order valence-electron chi connectivity index (χ1n) is 7.67. The molecule has 1 aromatic rings. The molecular weight excluding hydrogens is 306 g/mol. The monoisotopic (exact) mass is 331 g/mol. The molecular formula is C14H26ClN5O2. The third-order valence-electron chi connectivity index (χ3n) is 3.53. The Hall–Kier alpha value is -1.18. The summed E-state index contributed by atoms with van der Waals surface area (Å²) < 4.78 is 5.12. The highest BCUT2D eigenvalue weighted by Crippen LogP contribution is 2.10. The molecule has 8 heteroatoms. The summed E-state index contributed by atoms with van der Waals surface area (Å²) in [5.41, 5.74) is 0. The van der Waals surface area contributed by atoms with Gasteiger partial charge in [0.05, 0.1) is 0 Å². The first-order valence-corrected chi connectivity index (χ1v) is 7.67. The van der Waals surface area contributed by atoms with E-state index in [1.54, 1.807) is 0 Å². The lowest BCUT2D eigenvalue weighted by atomic mass is 10.2. The Labute approximate surface area is 137 Å². The van der Waals surface area contributed by atoms with Crippen molar-refractivity contribution in [3.63, 3.8) is 0 Å². The maximum absolute atomic E-state index is 11.8. The molecule has 1 amide bonds. The van der Waals surface area contributed by atoms with Crippen LogP contribution in [0.1, 0.15) is 37.9 Å². The summed E-state index contributed by atoms with van der Waals surface area (Å²) in [7, 11) is 0. The predicted molar refractivity (Wildman–Crippen MR) is 86.3 cm³/mol. The van der Waals surface area contributed by atoms with E-state index >= 15 is 0 Å². The van der Waals surface area contributed by atoms with Crippen LogP contribution in [0.4, 0.5) is 0 Å². The number of rotatable bonds is 7. The minimum absolute atomic E-state index is 0. The fourth-order valence-corrected chi connectivity index (χ4v) is 2.20. The van der Waals surface area contributed by atoms with Gasteiger partial charge in [0, 0.05) is 58.0 Å². The van der Waals surface area contributed by atoms with Crippen molar-refractivity contribution in [3.8, 4) is 0 Å². The second-order valence-electron chi connectivity index (χ2n) is 5.64. The molecule has 1 aliphatic rings. The molecule has 0 aliphatic carbocycles. The van der Waals surface area contributed by atoms with Crippen LogP contribution >= 0.6 is 12.4 Å². The van der Waals surface area contributed by atoms with E-state index in [9.17, 15) is 4.79 Å². The van der Waals surface area contributed by atoms with Crippen molar-refractivity contribution in [3.05, 3.63) is 11.7 Å². The van der Waals surface area contributed by atoms with Crippen LogP contribution in [-0.2, 0) is 11.2 Å². The van der Waals surface area contributed by atoms with E-state index in [1.807, 2.05) is 13.8 Å². The molecule has 0 saturated carbocycles. The highest BCUT2D eigenvalue weighted by atomic mass is 35.5. The third-order valence-corrected chi connectivity index (χ3v) is 3.53. The van der Waals surface area contributed by atoms with E-state index in [2.05, 4.69) is 25.7 Å². The van der Waals surface area contributed by atoms with Crippen LogP contribution in [0, 0.1) is 0 Å². The number of amides is 1. The zero-order chi connectivity index (χ0) is 15.1. The van der Waals surface area contributed by atoms with Crippen molar-refractivity contribution in [2.45, 2.75) is 32.6 Å². The van der Waals surface area contributed by atoms with E-state index in [0.29, 0.717) is 31.1 Å². The number of piperazine rings is 1. The van der Waals surface area contributed by atoms with Gasteiger partial charge in [-0.05, 0) is 0 Å². The van der Waals surface area contributed by atoms with Gasteiger partial charge in [0.25, 0.3) is 0 Å². The smallest absolute Gasteiger partial charge is 0.227 e. The number of carbonyl (C=O) groups is 1. The van der Waals surface area contributed by atoms with Crippen molar-refractivity contribution in [1.82, 2.24) is 25.7 Å². The van der Waals surface area contributed by atoms with E-state index in [-0.39, 0.29) is 24.2 Å². The highest BCUT2D eigenvalue weighted by Gasteiger charge is 2.12. The maximum atomic E-state index is 11.8. The Kier molecular flexibility index (Phi) is 8.37. The molecule has 1 saturated heterocycles. The van der Waals surface area contributed by atoms with Gasteiger partial charge in [0.1, 0.15) is 0 Å². The van der Waals surface area contributed by atoms with E-state index in [0.717, 1.165) is 32.7 Å². The van der Waals surface area contributed by atoms with Gasteiger partial charge in [0.15, 0.2) is 5.82 Å². The molecule has 126 valence electrons. The van der Waals surface area contributed by atoms with E-state index in [1.165, 1.54) is 0 Å². The Balaban J connectivity index is 0.00000242. The summed E-state index contributed by atoms with van der Waals surface area (Å²) in [6.07, 6.45) is 0.889. The van der Waals surface area contributed by atoms with E-state index in [4.69, 9.17) is 4.52 Å². The molecule has 2 heterocycles. The zero-order valence-corrected chi connectivity index (χ0v) is 14.1. The number of nitrogens with zero attached hydrogens (tertiary/aromatic N) is 3. The van der Waals surface area contributed by atoms with Gasteiger partial charge < -0.3 is 15.2 Å². The zero-order valence-electron chi connectivity index (χ0n) is 13.3. The lowest BCUT2D eigenvalue weighted by molar-refractivity contribution is -0.121. The Morgan fingerprint density at radius 2 is 2.14 bits per heavy atom. The summed E-state index contributed by atoms with van der Waals surface area (Å²) >= 11 is 0. The number of aryl methyl sites for hydroxylation is 1. The predicted octanol–water partition coefficient (Wildman–Crippen LogP) is 0.569. The lowest BCUT2D eigenvalue weighted by Crippen LogP contribution is -2.46. The number of hydrogen-bond donors (Lipinski definition) is 2. The van der Waals surface area contributed by atoms with Crippen LogP contribution in [0.3, 0.4) is 0 Å². The SMILES string of the molecule is CC(C)c1noc(CCC(=O)NCCN2CCNCC2)n1.Cl. The average molecular weight is 332 g/mol. The number of aromatic nitrogens is 2. The lowest BCUT2D eigenvalue weighted by Gasteiger charge is -2.27. The van der Waals surface area contributed by atoms with Crippen LogP contribution < -0.4 is 10.6 Å². The highest BCUT2D eigenvalue weighted by molar-refractivity contribution is 5.85. The molecule has 0 radical (unpaired) electrons. The van der Waals surface area contributed by atoms with Crippen LogP contribution in [0.25, 0.3) is 0 Å². The molecule has 1 aliphatic heterocycles. The van der Waals surface area contributed by atoms with Gasteiger partial charge in [-0.25, -0.2) is 0 Å². The van der Waals surface area contributed by atoms with E-state index < -0.39 is 0 Å². The van der Waals surface area contributed by atoms with Crippen molar-refractivity contribution >= 4 is 18.3 Å². The van der Waals surface area contributed by atoms with Crippen molar-refractivity contribution in [1.29, 1.82) is 0 Å². The van der Waals surface area contributed by atoms with Gasteiger partial charge >= 0.3 is 0 Å². The van der Waals surface area contributed by atoms with Crippen LogP contribution in [0.15, 0.2) is 4.52 Å². The molecule has 1 aromatic heterocycles. The Bertz CT molecular complexity index is 446. The normalized spacial score (nSPS) is 15.6. The topological polar surface area (TPSA) is 83.3 Å². The van der Waals surface area contributed by atoms with Gasteiger partial charge in [0.2, 0.25) is 11.8 Å². The standard InChI is InChI=1S/C14H25N5O2.ClH/c1-11(2)14-17-13(21-18-14)4-3-12(20)16-7-10-19-8-5-15-6-9-19;/h11,15H,3-10H2,1-2H3,(H,16,20);1H. The average Bonchev–Trinajstić information content (AvgIpc) is 2.95. The fourth-order valence-electron chi connectivity index (χ4n) is 2.20. The van der Waals surface area contributed by atoms with Gasteiger partial charge in [-0.1, -0.05) is 19.0 Å². The second-order valence-corrected chi connectivity index (χ2v) is 5.64. The molecule has 0 atom stereocenters. The maximum Gasteiger partial charge on any atom is 0.227 e. The quantitative estimate of drug-likeness (QED) is 0.760. The van der Waals surface area contributed by atoms with Crippen LogP contribution in [0.2, 0.25) is 0 Å². The number of halogens is 1. The first-order chi connectivity index (χ1) is 10.1. The summed E-state index contributed by atoms with van der Waals surface area (Å²) in [6, 6.07) is 0. The van der Waals surface area contributed by atoms with Crippen molar-refractivity contribution in [2.75, 3.05) is 39.3 Å². The molecule has 7 nitrogen and oxygen atoms in total. The third kappa shape index (κ3) is 6.29. The molecule has 2 rings (SSSR count). The van der Waals surface area contributed by atoms with Gasteiger partial charge in [-0.3, -0.25) is 9.69 Å². The fraction of sp³-hybridized carbons (Fsp3) is 0.786.